The van der Waals surface area contributed by atoms with E-state index in [4.69, 9.17) is 9.57 Å². The van der Waals surface area contributed by atoms with E-state index in [0.717, 1.165) is 43.4 Å². The lowest BCUT2D eigenvalue weighted by molar-refractivity contribution is -0.140. The molecule has 2 fully saturated rings. The number of hydrogen-bond donors (Lipinski definition) is 1. The number of benzene rings is 1. The summed E-state index contributed by atoms with van der Waals surface area (Å²) in [5.41, 5.74) is 2.95. The Hall–Kier alpha value is -1.88. The average Bonchev–Trinajstić information content (AvgIpc) is 3.31. The molecule has 0 bridgehead atoms. The fourth-order valence-corrected chi connectivity index (χ4v) is 3.82. The van der Waals surface area contributed by atoms with Crippen molar-refractivity contribution < 1.29 is 14.4 Å². The lowest BCUT2D eigenvalue weighted by atomic mass is 9.74. The third kappa shape index (κ3) is 3.71. The van der Waals surface area contributed by atoms with Crippen LogP contribution in [0, 0.1) is 12.3 Å². The lowest BCUT2D eigenvalue weighted by Crippen LogP contribution is -2.47. The summed E-state index contributed by atoms with van der Waals surface area (Å²) < 4.78 is 5.51. The fourth-order valence-electron chi connectivity index (χ4n) is 3.82. The molecule has 5 heteroatoms. The van der Waals surface area contributed by atoms with Gasteiger partial charge in [-0.3, -0.25) is 4.79 Å². The summed E-state index contributed by atoms with van der Waals surface area (Å²) in [7, 11) is 0. The van der Waals surface area contributed by atoms with Crippen LogP contribution in [-0.4, -0.2) is 37.0 Å². The van der Waals surface area contributed by atoms with E-state index < -0.39 is 0 Å². The van der Waals surface area contributed by atoms with Crippen LogP contribution >= 0.6 is 0 Å². The van der Waals surface area contributed by atoms with Crippen LogP contribution in [0.1, 0.15) is 49.7 Å². The van der Waals surface area contributed by atoms with Gasteiger partial charge in [0.1, 0.15) is 6.10 Å². The van der Waals surface area contributed by atoms with Gasteiger partial charge in [0.15, 0.2) is 0 Å². The Balaban J connectivity index is 1.43. The van der Waals surface area contributed by atoms with Crippen molar-refractivity contribution in [3.05, 3.63) is 35.4 Å². The minimum atomic E-state index is -0.372. The van der Waals surface area contributed by atoms with E-state index in [2.05, 4.69) is 35.6 Å². The second-order valence-electron chi connectivity index (χ2n) is 7.68. The molecule has 1 atom stereocenters. The normalized spacial score (nSPS) is 25.2. The van der Waals surface area contributed by atoms with Crippen molar-refractivity contribution in [1.82, 2.24) is 5.32 Å². The highest BCUT2D eigenvalue weighted by Gasteiger charge is 2.45. The van der Waals surface area contributed by atoms with E-state index in [9.17, 15) is 4.79 Å². The van der Waals surface area contributed by atoms with Gasteiger partial charge in [-0.15, -0.1) is 0 Å². The molecule has 134 valence electrons. The highest BCUT2D eigenvalue weighted by molar-refractivity contribution is 6.01. The number of aryl methyl sites for hydroxylation is 1. The van der Waals surface area contributed by atoms with E-state index in [-0.39, 0.29) is 17.4 Å². The highest BCUT2D eigenvalue weighted by atomic mass is 16.6. The number of ether oxygens (including phenoxy) is 1. The monoisotopic (exact) mass is 342 g/mol. The van der Waals surface area contributed by atoms with Crippen LogP contribution in [0.15, 0.2) is 29.4 Å². The molecule has 2 aliphatic heterocycles. The van der Waals surface area contributed by atoms with Crippen LogP contribution in [0.4, 0.5) is 0 Å². The van der Waals surface area contributed by atoms with Gasteiger partial charge in [0.2, 0.25) is 5.91 Å². The predicted octanol–water partition coefficient (Wildman–Crippen LogP) is 2.95. The van der Waals surface area contributed by atoms with Crippen molar-refractivity contribution >= 4 is 11.6 Å². The Morgan fingerprint density at radius 2 is 2.12 bits per heavy atom. The molecule has 1 saturated heterocycles. The number of hydrogen-bond acceptors (Lipinski definition) is 4. The molecule has 0 aromatic heterocycles. The number of rotatable bonds is 5. The summed E-state index contributed by atoms with van der Waals surface area (Å²) in [6.45, 7) is 3.38. The fraction of sp³-hybridized carbons (Fsp3) is 0.600. The van der Waals surface area contributed by atoms with Gasteiger partial charge in [0.25, 0.3) is 0 Å². The molecule has 4 rings (SSSR count). The SMILES string of the molecule is Cc1cccc(C2=NOC(CC3(C(=O)NC4CC4)CCOCC3)C2)c1. The lowest BCUT2D eigenvalue weighted by Gasteiger charge is -2.37. The van der Waals surface area contributed by atoms with Gasteiger partial charge in [0, 0.05) is 32.1 Å². The molecule has 25 heavy (non-hydrogen) atoms. The van der Waals surface area contributed by atoms with Gasteiger partial charge in [0.05, 0.1) is 11.1 Å². The van der Waals surface area contributed by atoms with Gasteiger partial charge in [-0.1, -0.05) is 35.0 Å². The van der Waals surface area contributed by atoms with Crippen molar-refractivity contribution in [2.45, 2.75) is 57.6 Å². The molecule has 3 aliphatic rings. The quantitative estimate of drug-likeness (QED) is 0.895. The summed E-state index contributed by atoms with van der Waals surface area (Å²) in [4.78, 5) is 18.6. The van der Waals surface area contributed by atoms with E-state index >= 15 is 0 Å². The minimum Gasteiger partial charge on any atom is -0.392 e. The Morgan fingerprint density at radius 1 is 1.32 bits per heavy atom. The first-order chi connectivity index (χ1) is 12.1. The second kappa shape index (κ2) is 6.79. The van der Waals surface area contributed by atoms with E-state index in [1.165, 1.54) is 5.56 Å². The molecule has 1 aliphatic carbocycles. The van der Waals surface area contributed by atoms with Gasteiger partial charge in [-0.2, -0.15) is 0 Å². The Morgan fingerprint density at radius 3 is 2.84 bits per heavy atom. The zero-order chi connectivity index (χ0) is 17.3. The molecule has 1 saturated carbocycles. The maximum Gasteiger partial charge on any atom is 0.226 e. The third-order valence-electron chi connectivity index (χ3n) is 5.55. The van der Waals surface area contributed by atoms with E-state index in [1.54, 1.807) is 0 Å². The maximum atomic E-state index is 12.9. The first-order valence-electron chi connectivity index (χ1n) is 9.33. The Labute approximate surface area is 148 Å². The number of nitrogens with one attached hydrogen (secondary N) is 1. The molecule has 0 spiro atoms. The first-order valence-corrected chi connectivity index (χ1v) is 9.33. The van der Waals surface area contributed by atoms with Crippen LogP contribution in [0.5, 0.6) is 0 Å². The van der Waals surface area contributed by atoms with Crippen LogP contribution < -0.4 is 5.32 Å². The molecule has 2 heterocycles. The largest absolute Gasteiger partial charge is 0.392 e. The van der Waals surface area contributed by atoms with E-state index in [0.29, 0.717) is 25.7 Å². The van der Waals surface area contributed by atoms with Crippen molar-refractivity contribution in [3.63, 3.8) is 0 Å². The number of carbonyl (C=O) groups is 1. The zero-order valence-electron chi connectivity index (χ0n) is 14.8. The summed E-state index contributed by atoms with van der Waals surface area (Å²) in [6.07, 6.45) is 5.21. The molecule has 0 radical (unpaired) electrons. The number of oxime groups is 1. The molecule has 1 unspecified atom stereocenters. The zero-order valence-corrected chi connectivity index (χ0v) is 14.8. The number of amides is 1. The van der Waals surface area contributed by atoms with Crippen LogP contribution in [0.3, 0.4) is 0 Å². The highest BCUT2D eigenvalue weighted by Crippen LogP contribution is 2.39. The summed E-state index contributed by atoms with van der Waals surface area (Å²) >= 11 is 0. The Bertz CT molecular complexity index is 675. The molecular formula is C20H26N2O3. The molecule has 1 aromatic carbocycles. The number of carbonyl (C=O) groups excluding carboxylic acids is 1. The number of nitrogens with zero attached hydrogens (tertiary/aromatic N) is 1. The van der Waals surface area contributed by atoms with Crippen LogP contribution in [0.25, 0.3) is 0 Å². The third-order valence-corrected chi connectivity index (χ3v) is 5.55. The standard InChI is InChI=1S/C20H26N2O3/c1-14-3-2-4-15(11-14)18-12-17(25-22-18)13-20(7-9-24-10-8-20)19(23)21-16-5-6-16/h2-4,11,16-17H,5-10,12-13H2,1H3,(H,21,23). The van der Waals surface area contributed by atoms with Crippen LogP contribution in [0.2, 0.25) is 0 Å². The van der Waals surface area contributed by atoms with Crippen LogP contribution in [-0.2, 0) is 14.4 Å². The van der Waals surface area contributed by atoms with Gasteiger partial charge in [-0.25, -0.2) is 0 Å². The molecule has 1 aromatic rings. The Kier molecular flexibility index (Phi) is 4.50. The van der Waals surface area contributed by atoms with Gasteiger partial charge in [-0.05, 0) is 38.2 Å². The average molecular weight is 342 g/mol. The molecular weight excluding hydrogens is 316 g/mol. The molecule has 5 nitrogen and oxygen atoms in total. The topological polar surface area (TPSA) is 59.9 Å². The second-order valence-corrected chi connectivity index (χ2v) is 7.68. The first kappa shape index (κ1) is 16.6. The van der Waals surface area contributed by atoms with Crippen molar-refractivity contribution in [3.8, 4) is 0 Å². The minimum absolute atomic E-state index is 0.0291. The molecule has 1 amide bonds. The molecule has 1 N–H and O–H groups in total. The summed E-state index contributed by atoms with van der Waals surface area (Å²) in [5.74, 6) is 0.186. The van der Waals surface area contributed by atoms with Crippen molar-refractivity contribution in [2.75, 3.05) is 13.2 Å². The summed E-state index contributed by atoms with van der Waals surface area (Å²) in [5, 5.41) is 7.51. The van der Waals surface area contributed by atoms with Gasteiger partial charge >= 0.3 is 0 Å². The summed E-state index contributed by atoms with van der Waals surface area (Å²) in [6, 6.07) is 8.71. The van der Waals surface area contributed by atoms with E-state index in [1.807, 2.05) is 6.07 Å². The van der Waals surface area contributed by atoms with Gasteiger partial charge < -0.3 is 14.9 Å². The smallest absolute Gasteiger partial charge is 0.226 e. The maximum absolute atomic E-state index is 12.9. The van der Waals surface area contributed by atoms with Crippen molar-refractivity contribution in [1.29, 1.82) is 0 Å². The predicted molar refractivity (Wildman–Crippen MR) is 95.5 cm³/mol. The van der Waals surface area contributed by atoms with Crippen molar-refractivity contribution in [2.24, 2.45) is 10.6 Å².